The minimum Gasteiger partial charge on any atom is -0.489 e. The fourth-order valence-corrected chi connectivity index (χ4v) is 4.01. The molecule has 0 aliphatic rings. The zero-order valence-electron chi connectivity index (χ0n) is 16.8. The fourth-order valence-electron chi connectivity index (χ4n) is 3.35. The molecular weight excluding hydrogens is 453 g/mol. The number of aromatic nitrogens is 2. The number of imidazole rings is 1. The van der Waals surface area contributed by atoms with Crippen LogP contribution in [-0.4, -0.2) is 16.5 Å². The highest BCUT2D eigenvalue weighted by Gasteiger charge is 2.08. The number of nitrogens with one attached hydrogen (secondary N) is 2. The van der Waals surface area contributed by atoms with E-state index in [1.54, 1.807) is 12.1 Å². The standard InChI is InChI=1S/C24H22Cl3N3O/c25-18-9-10-23(31-15-16-7-8-19(26)13-20(16)27)17(12-18)14-28-11-3-6-24-29-21-4-1-2-5-22(21)30-24/h1-2,4-5,7-10,12-13,28H,3,6,11,14-15H2,(H,29,30). The highest BCUT2D eigenvalue weighted by atomic mass is 35.5. The maximum Gasteiger partial charge on any atom is 0.124 e. The first kappa shape index (κ1) is 22.0. The summed E-state index contributed by atoms with van der Waals surface area (Å²) in [5.41, 5.74) is 3.96. The van der Waals surface area contributed by atoms with E-state index in [4.69, 9.17) is 39.5 Å². The van der Waals surface area contributed by atoms with Crippen molar-refractivity contribution < 1.29 is 4.74 Å². The molecule has 0 saturated carbocycles. The average molecular weight is 475 g/mol. The zero-order valence-corrected chi connectivity index (χ0v) is 19.1. The van der Waals surface area contributed by atoms with Crippen molar-refractivity contribution in [2.24, 2.45) is 0 Å². The number of H-pyrrole nitrogens is 1. The number of ether oxygens (including phenoxy) is 1. The van der Waals surface area contributed by atoms with Crippen LogP contribution in [0.2, 0.25) is 15.1 Å². The van der Waals surface area contributed by atoms with Crippen molar-refractivity contribution in [1.82, 2.24) is 15.3 Å². The molecule has 4 aromatic rings. The molecule has 7 heteroatoms. The van der Waals surface area contributed by atoms with E-state index >= 15 is 0 Å². The number of fused-ring (bicyclic) bond motifs is 1. The van der Waals surface area contributed by atoms with Crippen molar-refractivity contribution in [2.45, 2.75) is 26.0 Å². The molecule has 3 aromatic carbocycles. The van der Waals surface area contributed by atoms with Crippen molar-refractivity contribution in [3.8, 4) is 5.75 Å². The SMILES string of the molecule is Clc1ccc(COc2ccc(Cl)cc2CNCCCc2nc3ccccc3[nH]2)c(Cl)c1. The lowest BCUT2D eigenvalue weighted by Gasteiger charge is -2.13. The monoisotopic (exact) mass is 473 g/mol. The predicted molar refractivity (Wildman–Crippen MR) is 128 cm³/mol. The maximum absolute atomic E-state index is 6.25. The molecule has 4 rings (SSSR count). The molecule has 1 aromatic heterocycles. The number of aryl methyl sites for hydroxylation is 1. The van der Waals surface area contributed by atoms with Crippen LogP contribution in [0.4, 0.5) is 0 Å². The van der Waals surface area contributed by atoms with Gasteiger partial charge in [-0.15, -0.1) is 0 Å². The lowest BCUT2D eigenvalue weighted by Crippen LogP contribution is -2.16. The van der Waals surface area contributed by atoms with E-state index in [-0.39, 0.29) is 0 Å². The first-order chi connectivity index (χ1) is 15.1. The van der Waals surface area contributed by atoms with Crippen LogP contribution >= 0.6 is 34.8 Å². The van der Waals surface area contributed by atoms with Crippen LogP contribution < -0.4 is 10.1 Å². The van der Waals surface area contributed by atoms with Crippen molar-refractivity contribution in [1.29, 1.82) is 0 Å². The molecule has 0 atom stereocenters. The van der Waals surface area contributed by atoms with E-state index < -0.39 is 0 Å². The van der Waals surface area contributed by atoms with Crippen molar-refractivity contribution in [2.75, 3.05) is 6.54 Å². The first-order valence-electron chi connectivity index (χ1n) is 10.1. The van der Waals surface area contributed by atoms with Crippen LogP contribution in [-0.2, 0) is 19.6 Å². The van der Waals surface area contributed by atoms with E-state index in [2.05, 4.69) is 15.3 Å². The molecule has 0 bridgehead atoms. The second-order valence-electron chi connectivity index (χ2n) is 7.26. The third-order valence-electron chi connectivity index (χ3n) is 4.94. The Morgan fingerprint density at radius 2 is 1.71 bits per heavy atom. The number of aromatic amines is 1. The highest BCUT2D eigenvalue weighted by molar-refractivity contribution is 6.35. The third-order valence-corrected chi connectivity index (χ3v) is 5.76. The Labute approximate surface area is 196 Å². The number of hydrogen-bond donors (Lipinski definition) is 2. The molecule has 1 heterocycles. The van der Waals surface area contributed by atoms with Gasteiger partial charge in [0.1, 0.15) is 18.2 Å². The van der Waals surface area contributed by atoms with Gasteiger partial charge in [-0.1, -0.05) is 53.0 Å². The van der Waals surface area contributed by atoms with Gasteiger partial charge in [-0.2, -0.15) is 0 Å². The van der Waals surface area contributed by atoms with Crippen molar-refractivity contribution in [3.05, 3.63) is 92.7 Å². The van der Waals surface area contributed by atoms with Gasteiger partial charge in [-0.25, -0.2) is 4.98 Å². The smallest absolute Gasteiger partial charge is 0.124 e. The number of hydrogen-bond acceptors (Lipinski definition) is 3. The van der Waals surface area contributed by atoms with Crippen LogP contribution in [0.15, 0.2) is 60.7 Å². The van der Waals surface area contributed by atoms with Crippen molar-refractivity contribution in [3.63, 3.8) is 0 Å². The molecule has 0 amide bonds. The summed E-state index contributed by atoms with van der Waals surface area (Å²) in [5.74, 6) is 1.79. The summed E-state index contributed by atoms with van der Waals surface area (Å²) in [4.78, 5) is 7.99. The molecule has 0 spiro atoms. The molecule has 4 nitrogen and oxygen atoms in total. The number of benzene rings is 3. The molecule has 0 unspecified atom stereocenters. The largest absolute Gasteiger partial charge is 0.489 e. The van der Waals surface area contributed by atoms with Gasteiger partial charge in [0.15, 0.2) is 0 Å². The van der Waals surface area contributed by atoms with Crippen LogP contribution in [0.25, 0.3) is 11.0 Å². The van der Waals surface area contributed by atoms with Crippen LogP contribution in [0.3, 0.4) is 0 Å². The molecule has 0 aliphatic carbocycles. The van der Waals surface area contributed by atoms with Gasteiger partial charge in [0.05, 0.1) is 11.0 Å². The van der Waals surface area contributed by atoms with Gasteiger partial charge in [-0.3, -0.25) is 0 Å². The van der Waals surface area contributed by atoms with E-state index in [9.17, 15) is 0 Å². The predicted octanol–water partition coefficient (Wildman–Crippen LogP) is 6.82. The van der Waals surface area contributed by atoms with Crippen LogP contribution in [0.5, 0.6) is 5.75 Å². The number of nitrogens with zero attached hydrogens (tertiary/aromatic N) is 1. The number of halogens is 3. The summed E-state index contributed by atoms with van der Waals surface area (Å²) in [6.07, 6.45) is 1.85. The molecule has 2 N–H and O–H groups in total. The Kier molecular flexibility index (Phi) is 7.36. The minimum absolute atomic E-state index is 0.358. The zero-order chi connectivity index (χ0) is 21.6. The molecule has 0 saturated heterocycles. The van der Waals surface area contributed by atoms with Crippen molar-refractivity contribution >= 4 is 45.8 Å². The Bertz CT molecular complexity index is 1140. The van der Waals surface area contributed by atoms with E-state index in [0.29, 0.717) is 28.2 Å². The Balaban J connectivity index is 1.30. The summed E-state index contributed by atoms with van der Waals surface area (Å²) >= 11 is 18.4. The maximum atomic E-state index is 6.25. The topological polar surface area (TPSA) is 49.9 Å². The summed E-state index contributed by atoms with van der Waals surface area (Å²) in [5, 5.41) is 5.34. The van der Waals surface area contributed by atoms with E-state index in [1.165, 1.54) is 0 Å². The second kappa shape index (κ2) is 10.4. The van der Waals surface area contributed by atoms with Gasteiger partial charge in [0, 0.05) is 39.2 Å². The lowest BCUT2D eigenvalue weighted by molar-refractivity contribution is 0.302. The molecule has 160 valence electrons. The summed E-state index contributed by atoms with van der Waals surface area (Å²) in [6, 6.07) is 19.1. The van der Waals surface area contributed by atoms with Crippen LogP contribution in [0.1, 0.15) is 23.4 Å². The van der Waals surface area contributed by atoms with Gasteiger partial charge in [-0.05, 0) is 55.4 Å². The molecule has 31 heavy (non-hydrogen) atoms. The van der Waals surface area contributed by atoms with Gasteiger partial charge in [0.25, 0.3) is 0 Å². The molecule has 0 aliphatic heterocycles. The number of para-hydroxylation sites is 2. The summed E-state index contributed by atoms with van der Waals surface area (Å²) in [6.45, 7) is 1.87. The van der Waals surface area contributed by atoms with Gasteiger partial charge < -0.3 is 15.0 Å². The van der Waals surface area contributed by atoms with E-state index in [0.717, 1.165) is 53.1 Å². The molecule has 0 radical (unpaired) electrons. The van der Waals surface area contributed by atoms with Gasteiger partial charge >= 0.3 is 0 Å². The van der Waals surface area contributed by atoms with E-state index in [1.807, 2.05) is 48.5 Å². The second-order valence-corrected chi connectivity index (χ2v) is 8.54. The number of rotatable bonds is 9. The fraction of sp³-hybridized carbons (Fsp3) is 0.208. The normalized spacial score (nSPS) is 11.2. The summed E-state index contributed by atoms with van der Waals surface area (Å²) < 4.78 is 6.02. The Morgan fingerprint density at radius 1 is 0.903 bits per heavy atom. The average Bonchev–Trinajstić information content (AvgIpc) is 3.17. The Hall–Kier alpha value is -2.24. The molecular formula is C24H22Cl3N3O. The lowest BCUT2D eigenvalue weighted by atomic mass is 10.2. The molecule has 0 fully saturated rings. The summed E-state index contributed by atoms with van der Waals surface area (Å²) in [7, 11) is 0. The third kappa shape index (κ3) is 5.92. The minimum atomic E-state index is 0.358. The Morgan fingerprint density at radius 3 is 2.55 bits per heavy atom. The first-order valence-corrected chi connectivity index (χ1v) is 11.2. The highest BCUT2D eigenvalue weighted by Crippen LogP contribution is 2.26. The van der Waals surface area contributed by atoms with Crippen LogP contribution in [0, 0.1) is 0 Å². The van der Waals surface area contributed by atoms with Gasteiger partial charge in [0.2, 0.25) is 0 Å². The quantitative estimate of drug-likeness (QED) is 0.262.